The SMILES string of the molecule is Cc1cc(S(=O)(=O)[C@H]2CS(=O)(=O)C[C@@H]2N2CCC(Cc3ccccc3)CC2)ccc1F. The van der Waals surface area contributed by atoms with Gasteiger partial charge in [0.15, 0.2) is 19.7 Å². The molecule has 0 aromatic heterocycles. The van der Waals surface area contributed by atoms with E-state index in [0.717, 1.165) is 25.3 Å². The standard InChI is InChI=1S/C23H28FNO4S2/c1-17-13-20(7-8-21(17)24)31(28,29)23-16-30(26,27)15-22(23)25-11-9-19(10-12-25)14-18-5-3-2-4-6-18/h2-8,13,19,22-23H,9-12,14-16H2,1H3/t22-,23-/m0/s1. The van der Waals surface area contributed by atoms with Crippen molar-refractivity contribution in [3.63, 3.8) is 0 Å². The number of hydrogen-bond acceptors (Lipinski definition) is 5. The van der Waals surface area contributed by atoms with Crippen LogP contribution in [0.15, 0.2) is 53.4 Å². The van der Waals surface area contributed by atoms with Gasteiger partial charge in [-0.1, -0.05) is 30.3 Å². The largest absolute Gasteiger partial charge is 0.298 e. The zero-order valence-electron chi connectivity index (χ0n) is 17.6. The summed E-state index contributed by atoms with van der Waals surface area (Å²) in [5.41, 5.74) is 1.52. The fourth-order valence-corrected chi connectivity index (χ4v) is 9.75. The highest BCUT2D eigenvalue weighted by Gasteiger charge is 2.48. The molecule has 0 bridgehead atoms. The number of likely N-dealkylation sites (tertiary alicyclic amines) is 1. The number of nitrogens with zero attached hydrogens (tertiary/aromatic N) is 1. The number of halogens is 1. The summed E-state index contributed by atoms with van der Waals surface area (Å²) in [6.45, 7) is 2.88. The Balaban J connectivity index is 1.51. The smallest absolute Gasteiger partial charge is 0.183 e. The summed E-state index contributed by atoms with van der Waals surface area (Å²) in [5, 5.41) is -1.02. The first-order chi connectivity index (χ1) is 14.7. The van der Waals surface area contributed by atoms with E-state index in [2.05, 4.69) is 12.1 Å². The average molecular weight is 466 g/mol. The van der Waals surface area contributed by atoms with Crippen LogP contribution in [0.5, 0.6) is 0 Å². The van der Waals surface area contributed by atoms with E-state index in [-0.39, 0.29) is 22.0 Å². The van der Waals surface area contributed by atoms with E-state index in [1.165, 1.54) is 24.6 Å². The van der Waals surface area contributed by atoms with Crippen molar-refractivity contribution in [2.45, 2.75) is 42.4 Å². The van der Waals surface area contributed by atoms with Gasteiger partial charge in [-0.3, -0.25) is 4.90 Å². The topological polar surface area (TPSA) is 71.5 Å². The summed E-state index contributed by atoms with van der Waals surface area (Å²) >= 11 is 0. The van der Waals surface area contributed by atoms with Crippen molar-refractivity contribution in [3.8, 4) is 0 Å². The predicted molar refractivity (Wildman–Crippen MR) is 119 cm³/mol. The van der Waals surface area contributed by atoms with Crippen LogP contribution in [0, 0.1) is 18.7 Å². The highest BCUT2D eigenvalue weighted by atomic mass is 32.2. The van der Waals surface area contributed by atoms with Crippen molar-refractivity contribution >= 4 is 19.7 Å². The van der Waals surface area contributed by atoms with Crippen molar-refractivity contribution in [1.82, 2.24) is 4.90 Å². The van der Waals surface area contributed by atoms with E-state index in [4.69, 9.17) is 0 Å². The molecule has 8 heteroatoms. The Labute approximate surface area is 184 Å². The van der Waals surface area contributed by atoms with Gasteiger partial charge in [0.05, 0.1) is 21.7 Å². The number of benzene rings is 2. The van der Waals surface area contributed by atoms with Crippen molar-refractivity contribution in [1.29, 1.82) is 0 Å². The molecule has 2 heterocycles. The normalized spacial score (nSPS) is 25.0. The van der Waals surface area contributed by atoms with Gasteiger partial charge in [0.2, 0.25) is 0 Å². The summed E-state index contributed by atoms with van der Waals surface area (Å²) in [6, 6.07) is 13.4. The molecule has 5 nitrogen and oxygen atoms in total. The Hall–Kier alpha value is -1.77. The van der Waals surface area contributed by atoms with Gasteiger partial charge in [-0.05, 0) is 74.5 Å². The second kappa shape index (κ2) is 8.64. The molecule has 168 valence electrons. The second-order valence-corrected chi connectivity index (χ2v) is 13.1. The predicted octanol–water partition coefficient (Wildman–Crippen LogP) is 3.03. The molecule has 4 rings (SSSR count). The number of aryl methyl sites for hydroxylation is 1. The van der Waals surface area contributed by atoms with Crippen molar-refractivity contribution in [2.24, 2.45) is 5.92 Å². The molecule has 0 unspecified atom stereocenters. The zero-order valence-corrected chi connectivity index (χ0v) is 19.2. The molecule has 2 fully saturated rings. The first-order valence-corrected chi connectivity index (χ1v) is 14.0. The number of sulfone groups is 2. The average Bonchev–Trinajstić information content (AvgIpc) is 3.07. The van der Waals surface area contributed by atoms with Gasteiger partial charge in [0.1, 0.15) is 5.82 Å². The molecule has 2 aromatic carbocycles. The summed E-state index contributed by atoms with van der Waals surface area (Å²) in [7, 11) is -7.36. The number of hydrogen-bond donors (Lipinski definition) is 0. The first-order valence-electron chi connectivity index (χ1n) is 10.6. The van der Waals surface area contributed by atoms with E-state index >= 15 is 0 Å². The number of rotatable bonds is 5. The Kier molecular flexibility index (Phi) is 6.25. The van der Waals surface area contributed by atoms with Gasteiger partial charge in [-0.2, -0.15) is 0 Å². The molecule has 2 aromatic rings. The third-order valence-corrected chi connectivity index (χ3v) is 10.7. The van der Waals surface area contributed by atoms with Crippen LogP contribution in [0.1, 0.15) is 24.0 Å². The zero-order chi connectivity index (χ0) is 22.2. The van der Waals surface area contributed by atoms with Crippen LogP contribution in [-0.4, -0.2) is 57.6 Å². The van der Waals surface area contributed by atoms with Crippen LogP contribution in [0.4, 0.5) is 4.39 Å². The van der Waals surface area contributed by atoms with E-state index < -0.39 is 36.8 Å². The maximum absolute atomic E-state index is 13.6. The van der Waals surface area contributed by atoms with Crippen LogP contribution in [0.2, 0.25) is 0 Å². The number of piperidine rings is 1. The minimum atomic E-state index is -3.90. The molecule has 0 saturated carbocycles. The van der Waals surface area contributed by atoms with Crippen molar-refractivity contribution < 1.29 is 21.2 Å². The Morgan fingerprint density at radius 1 is 1.03 bits per heavy atom. The monoisotopic (exact) mass is 465 g/mol. The molecule has 0 spiro atoms. The maximum atomic E-state index is 13.6. The van der Waals surface area contributed by atoms with Crippen LogP contribution >= 0.6 is 0 Å². The molecule has 2 aliphatic heterocycles. The Bertz CT molecular complexity index is 1140. The van der Waals surface area contributed by atoms with Crippen LogP contribution in [0.25, 0.3) is 0 Å². The van der Waals surface area contributed by atoms with Gasteiger partial charge >= 0.3 is 0 Å². The van der Waals surface area contributed by atoms with Gasteiger partial charge < -0.3 is 0 Å². The van der Waals surface area contributed by atoms with Gasteiger partial charge in [0, 0.05) is 6.04 Å². The quantitative estimate of drug-likeness (QED) is 0.635. The second-order valence-electron chi connectivity index (χ2n) is 8.81. The lowest BCUT2D eigenvalue weighted by atomic mass is 9.89. The third kappa shape index (κ3) is 4.86. The molecule has 2 aliphatic rings. The van der Waals surface area contributed by atoms with Crippen molar-refractivity contribution in [2.75, 3.05) is 24.6 Å². The van der Waals surface area contributed by atoms with Gasteiger partial charge in [-0.25, -0.2) is 21.2 Å². The molecule has 0 amide bonds. The van der Waals surface area contributed by atoms with Crippen LogP contribution in [0.3, 0.4) is 0 Å². The molecule has 2 saturated heterocycles. The van der Waals surface area contributed by atoms with Crippen LogP contribution in [-0.2, 0) is 26.1 Å². The highest BCUT2D eigenvalue weighted by molar-refractivity contribution is 7.96. The van der Waals surface area contributed by atoms with Gasteiger partial charge in [0.25, 0.3) is 0 Å². The molecule has 0 radical (unpaired) electrons. The first kappa shape index (κ1) is 22.4. The molecular formula is C23H28FNO4S2. The summed E-state index contributed by atoms with van der Waals surface area (Å²) < 4.78 is 65.2. The molecule has 31 heavy (non-hydrogen) atoms. The fourth-order valence-electron chi connectivity index (χ4n) is 4.84. The van der Waals surface area contributed by atoms with E-state index in [0.29, 0.717) is 19.0 Å². The lowest BCUT2D eigenvalue weighted by Gasteiger charge is -2.37. The lowest BCUT2D eigenvalue weighted by Crippen LogP contribution is -2.49. The van der Waals surface area contributed by atoms with E-state index in [9.17, 15) is 21.2 Å². The van der Waals surface area contributed by atoms with Crippen LogP contribution < -0.4 is 0 Å². The molecular weight excluding hydrogens is 437 g/mol. The molecule has 0 aliphatic carbocycles. The fraction of sp³-hybridized carbons (Fsp3) is 0.478. The summed E-state index contributed by atoms with van der Waals surface area (Å²) in [4.78, 5) is 2.04. The third-order valence-electron chi connectivity index (χ3n) is 6.61. The Morgan fingerprint density at radius 3 is 2.35 bits per heavy atom. The summed E-state index contributed by atoms with van der Waals surface area (Å²) in [6.07, 6.45) is 2.80. The highest BCUT2D eigenvalue weighted by Crippen LogP contribution is 2.32. The minimum absolute atomic E-state index is 0.00235. The molecule has 2 atom stereocenters. The summed E-state index contributed by atoms with van der Waals surface area (Å²) in [5.74, 6) is -0.484. The van der Waals surface area contributed by atoms with Gasteiger partial charge in [-0.15, -0.1) is 0 Å². The van der Waals surface area contributed by atoms with E-state index in [1.807, 2.05) is 23.1 Å². The van der Waals surface area contributed by atoms with Crippen molar-refractivity contribution in [3.05, 3.63) is 65.5 Å². The lowest BCUT2D eigenvalue weighted by molar-refractivity contribution is 0.144. The maximum Gasteiger partial charge on any atom is 0.183 e. The van der Waals surface area contributed by atoms with E-state index in [1.54, 1.807) is 0 Å². The molecule has 0 N–H and O–H groups in total. The Morgan fingerprint density at radius 2 is 1.71 bits per heavy atom. The minimum Gasteiger partial charge on any atom is -0.298 e.